The van der Waals surface area contributed by atoms with Gasteiger partial charge < -0.3 is 5.11 Å². The molecule has 0 saturated heterocycles. The topological polar surface area (TPSA) is 20.2 Å². The Morgan fingerprint density at radius 2 is 2.10 bits per heavy atom. The predicted molar refractivity (Wildman–Crippen MR) is 32.9 cm³/mol. The number of phenols is 1. The van der Waals surface area contributed by atoms with Gasteiger partial charge in [-0.3, -0.25) is 0 Å². The van der Waals surface area contributed by atoms with Crippen LogP contribution in [-0.2, 0) is 6.67 Å². The molecular formula is C7H6F2O. The minimum absolute atomic E-state index is 0.0139. The molecule has 3 heteroatoms. The fourth-order valence-electron chi connectivity index (χ4n) is 0.668. The maximum Gasteiger partial charge on any atom is 0.165 e. The first-order valence-electron chi connectivity index (χ1n) is 2.78. The Bertz CT molecular complexity index is 235. The molecule has 1 aromatic rings. The van der Waals surface area contributed by atoms with E-state index in [1.54, 1.807) is 0 Å². The molecule has 0 atom stereocenters. The highest BCUT2D eigenvalue weighted by Crippen LogP contribution is 2.20. The molecule has 0 saturated carbocycles. The van der Waals surface area contributed by atoms with Crippen LogP contribution in [0.1, 0.15) is 5.56 Å². The summed E-state index contributed by atoms with van der Waals surface area (Å²) >= 11 is 0. The second kappa shape index (κ2) is 2.64. The van der Waals surface area contributed by atoms with E-state index in [2.05, 4.69) is 0 Å². The molecule has 0 spiro atoms. The van der Waals surface area contributed by atoms with Crippen molar-refractivity contribution in [2.45, 2.75) is 6.67 Å². The zero-order chi connectivity index (χ0) is 7.56. The monoisotopic (exact) mass is 144 g/mol. The molecule has 1 rings (SSSR count). The van der Waals surface area contributed by atoms with Crippen LogP contribution < -0.4 is 0 Å². The molecule has 0 unspecified atom stereocenters. The zero-order valence-corrected chi connectivity index (χ0v) is 5.14. The first-order valence-corrected chi connectivity index (χ1v) is 2.78. The number of hydrogen-bond donors (Lipinski definition) is 1. The summed E-state index contributed by atoms with van der Waals surface area (Å²) in [6, 6.07) is 3.76. The lowest BCUT2D eigenvalue weighted by Gasteiger charge is -1.98. The summed E-state index contributed by atoms with van der Waals surface area (Å²) in [6.45, 7) is -0.844. The van der Waals surface area contributed by atoms with Gasteiger partial charge in [0.05, 0.1) is 0 Å². The van der Waals surface area contributed by atoms with Crippen molar-refractivity contribution in [1.82, 2.24) is 0 Å². The van der Waals surface area contributed by atoms with E-state index in [0.29, 0.717) is 0 Å². The minimum atomic E-state index is -0.844. The van der Waals surface area contributed by atoms with E-state index >= 15 is 0 Å². The number of aromatic hydroxyl groups is 1. The Balaban J connectivity index is 3.14. The average Bonchev–Trinajstić information content (AvgIpc) is 1.95. The Morgan fingerprint density at radius 3 is 2.60 bits per heavy atom. The first kappa shape index (κ1) is 6.99. The number of para-hydroxylation sites is 1. The number of alkyl halides is 1. The van der Waals surface area contributed by atoms with Gasteiger partial charge in [0.1, 0.15) is 6.67 Å². The van der Waals surface area contributed by atoms with E-state index < -0.39 is 18.2 Å². The molecule has 0 heterocycles. The molecule has 0 fully saturated rings. The van der Waals surface area contributed by atoms with Crippen LogP contribution in [0.3, 0.4) is 0 Å². The third-order valence-electron chi connectivity index (χ3n) is 1.21. The van der Waals surface area contributed by atoms with Gasteiger partial charge in [-0.15, -0.1) is 0 Å². The maximum absolute atomic E-state index is 12.3. The Labute approximate surface area is 56.9 Å². The Morgan fingerprint density at radius 1 is 1.40 bits per heavy atom. The maximum atomic E-state index is 12.3. The average molecular weight is 144 g/mol. The Hall–Kier alpha value is -1.12. The van der Waals surface area contributed by atoms with Gasteiger partial charge in [0.15, 0.2) is 11.6 Å². The van der Waals surface area contributed by atoms with Crippen LogP contribution in [0, 0.1) is 5.82 Å². The molecule has 0 radical (unpaired) electrons. The molecule has 0 aliphatic rings. The molecule has 0 aliphatic carbocycles. The molecule has 0 bridgehead atoms. The van der Waals surface area contributed by atoms with Crippen LogP contribution in [0.5, 0.6) is 5.75 Å². The first-order chi connectivity index (χ1) is 4.75. The highest BCUT2D eigenvalue weighted by atomic mass is 19.1. The van der Waals surface area contributed by atoms with Gasteiger partial charge in [-0.05, 0) is 6.07 Å². The highest BCUT2D eigenvalue weighted by Gasteiger charge is 2.04. The van der Waals surface area contributed by atoms with E-state index in [9.17, 15) is 8.78 Å². The van der Waals surface area contributed by atoms with E-state index in [1.165, 1.54) is 12.1 Å². The lowest BCUT2D eigenvalue weighted by molar-refractivity contribution is 0.404. The van der Waals surface area contributed by atoms with Crippen molar-refractivity contribution in [3.63, 3.8) is 0 Å². The molecule has 1 nitrogen and oxygen atoms in total. The van der Waals surface area contributed by atoms with Crippen LogP contribution in [0.2, 0.25) is 0 Å². The number of benzene rings is 1. The lowest BCUT2D eigenvalue weighted by Crippen LogP contribution is -1.82. The largest absolute Gasteiger partial charge is 0.505 e. The number of phenolic OH excluding ortho intramolecular Hbond substituents is 1. The van der Waals surface area contributed by atoms with Crippen LogP contribution in [-0.4, -0.2) is 5.11 Å². The van der Waals surface area contributed by atoms with Crippen molar-refractivity contribution in [2.24, 2.45) is 0 Å². The third kappa shape index (κ3) is 1.07. The van der Waals surface area contributed by atoms with Crippen LogP contribution in [0.4, 0.5) is 8.78 Å². The second-order valence-electron chi connectivity index (χ2n) is 1.88. The number of hydrogen-bond acceptors (Lipinski definition) is 1. The smallest absolute Gasteiger partial charge is 0.165 e. The van der Waals surface area contributed by atoms with Crippen molar-refractivity contribution >= 4 is 0 Å². The molecule has 1 aromatic carbocycles. The molecular weight excluding hydrogens is 138 g/mol. The SMILES string of the molecule is Oc1c(F)cccc1CF. The fraction of sp³-hybridized carbons (Fsp3) is 0.143. The van der Waals surface area contributed by atoms with Crippen LogP contribution >= 0.6 is 0 Å². The quantitative estimate of drug-likeness (QED) is 0.639. The molecule has 54 valence electrons. The minimum Gasteiger partial charge on any atom is -0.505 e. The number of rotatable bonds is 1. The molecule has 10 heavy (non-hydrogen) atoms. The van der Waals surface area contributed by atoms with Gasteiger partial charge in [0.2, 0.25) is 0 Å². The number of halogens is 2. The van der Waals surface area contributed by atoms with Gasteiger partial charge in [0.25, 0.3) is 0 Å². The molecule has 0 aliphatic heterocycles. The summed E-state index contributed by atoms with van der Waals surface area (Å²) in [5, 5.41) is 8.78. The van der Waals surface area contributed by atoms with Crippen molar-refractivity contribution in [1.29, 1.82) is 0 Å². The lowest BCUT2D eigenvalue weighted by atomic mass is 10.2. The molecule has 1 N–H and O–H groups in total. The zero-order valence-electron chi connectivity index (χ0n) is 5.14. The summed E-state index contributed by atoms with van der Waals surface area (Å²) in [6.07, 6.45) is 0. The van der Waals surface area contributed by atoms with Crippen LogP contribution in [0.25, 0.3) is 0 Å². The summed E-state index contributed by atoms with van der Waals surface area (Å²) < 4.78 is 24.2. The predicted octanol–water partition coefficient (Wildman–Crippen LogP) is 2.00. The van der Waals surface area contributed by atoms with Gasteiger partial charge in [0, 0.05) is 5.56 Å². The summed E-state index contributed by atoms with van der Waals surface area (Å²) in [4.78, 5) is 0. The van der Waals surface area contributed by atoms with Crippen molar-refractivity contribution < 1.29 is 13.9 Å². The van der Waals surface area contributed by atoms with E-state index in [0.717, 1.165) is 6.07 Å². The fourth-order valence-corrected chi connectivity index (χ4v) is 0.668. The summed E-state index contributed by atoms with van der Waals surface area (Å²) in [5.74, 6) is -1.37. The van der Waals surface area contributed by atoms with Crippen molar-refractivity contribution in [2.75, 3.05) is 0 Å². The van der Waals surface area contributed by atoms with E-state index in [1.807, 2.05) is 0 Å². The van der Waals surface area contributed by atoms with Crippen molar-refractivity contribution in [3.8, 4) is 5.75 Å². The van der Waals surface area contributed by atoms with Gasteiger partial charge in [-0.1, -0.05) is 12.1 Å². The van der Waals surface area contributed by atoms with Gasteiger partial charge in [-0.2, -0.15) is 0 Å². The third-order valence-corrected chi connectivity index (χ3v) is 1.21. The van der Waals surface area contributed by atoms with Crippen LogP contribution in [0.15, 0.2) is 18.2 Å². The standard InChI is InChI=1S/C7H6F2O/c8-4-5-2-1-3-6(9)7(5)10/h1-3,10H,4H2. The van der Waals surface area contributed by atoms with Gasteiger partial charge in [-0.25, -0.2) is 8.78 Å². The molecule has 0 aromatic heterocycles. The summed E-state index contributed by atoms with van der Waals surface area (Å²) in [5.41, 5.74) is -0.0139. The normalized spacial score (nSPS) is 9.80. The highest BCUT2D eigenvalue weighted by molar-refractivity contribution is 5.32. The van der Waals surface area contributed by atoms with Crippen molar-refractivity contribution in [3.05, 3.63) is 29.6 Å². The van der Waals surface area contributed by atoms with E-state index in [-0.39, 0.29) is 5.56 Å². The summed E-state index contributed by atoms with van der Waals surface area (Å²) in [7, 11) is 0. The van der Waals surface area contributed by atoms with Gasteiger partial charge >= 0.3 is 0 Å². The van der Waals surface area contributed by atoms with E-state index in [4.69, 9.17) is 5.11 Å². The Kier molecular flexibility index (Phi) is 1.85. The molecule has 0 amide bonds. The second-order valence-corrected chi connectivity index (χ2v) is 1.88.